The molecule has 0 aromatic rings. The van der Waals surface area contributed by atoms with Crippen molar-refractivity contribution in [2.24, 2.45) is 5.41 Å². The third-order valence-corrected chi connectivity index (χ3v) is 5.33. The third kappa shape index (κ3) is 5.54. The van der Waals surface area contributed by atoms with Gasteiger partial charge in [0.1, 0.15) is 0 Å². The zero-order chi connectivity index (χ0) is 15.0. The second kappa shape index (κ2) is 9.12. The first-order valence-electron chi connectivity index (χ1n) is 9.33. The summed E-state index contributed by atoms with van der Waals surface area (Å²) in [5.74, 6) is 0. The van der Waals surface area contributed by atoms with Gasteiger partial charge in [0.2, 0.25) is 0 Å². The number of rotatable bonds is 7. The molecule has 1 saturated heterocycles. The van der Waals surface area contributed by atoms with Crippen LogP contribution in [0.3, 0.4) is 0 Å². The predicted molar refractivity (Wildman–Crippen MR) is 89.8 cm³/mol. The minimum Gasteiger partial charge on any atom is -0.376 e. The summed E-state index contributed by atoms with van der Waals surface area (Å²) < 4.78 is 5.85. The van der Waals surface area contributed by atoms with Crippen LogP contribution in [-0.4, -0.2) is 50.3 Å². The summed E-state index contributed by atoms with van der Waals surface area (Å²) in [7, 11) is 0. The average Bonchev–Trinajstić information content (AvgIpc) is 2.74. The Morgan fingerprint density at radius 1 is 1.14 bits per heavy atom. The van der Waals surface area contributed by atoms with Crippen LogP contribution in [0.15, 0.2) is 0 Å². The first kappa shape index (κ1) is 17.2. The van der Waals surface area contributed by atoms with Gasteiger partial charge >= 0.3 is 0 Å². The van der Waals surface area contributed by atoms with Gasteiger partial charge in [-0.1, -0.05) is 39.5 Å². The molecule has 0 bridgehead atoms. The molecule has 21 heavy (non-hydrogen) atoms. The van der Waals surface area contributed by atoms with E-state index in [1.54, 1.807) is 0 Å². The average molecular weight is 296 g/mol. The van der Waals surface area contributed by atoms with Crippen LogP contribution in [-0.2, 0) is 4.74 Å². The van der Waals surface area contributed by atoms with Crippen LogP contribution >= 0.6 is 0 Å². The lowest BCUT2D eigenvalue weighted by Gasteiger charge is -2.41. The molecule has 2 fully saturated rings. The SMILES string of the molecule is CCCNCC1(CN2CCOC(CC)C2)CCCCCC1. The Morgan fingerprint density at radius 3 is 2.57 bits per heavy atom. The van der Waals surface area contributed by atoms with Crippen molar-refractivity contribution in [3.63, 3.8) is 0 Å². The smallest absolute Gasteiger partial charge is 0.0700 e. The van der Waals surface area contributed by atoms with E-state index in [0.717, 1.165) is 26.1 Å². The van der Waals surface area contributed by atoms with Gasteiger partial charge in [-0.25, -0.2) is 0 Å². The Hall–Kier alpha value is -0.120. The van der Waals surface area contributed by atoms with E-state index >= 15 is 0 Å². The molecule has 1 N–H and O–H groups in total. The second-order valence-corrected chi connectivity index (χ2v) is 7.23. The molecule has 124 valence electrons. The molecule has 3 nitrogen and oxygen atoms in total. The van der Waals surface area contributed by atoms with Crippen molar-refractivity contribution in [1.82, 2.24) is 10.2 Å². The molecule has 1 aliphatic carbocycles. The summed E-state index contributed by atoms with van der Waals surface area (Å²) in [4.78, 5) is 2.69. The van der Waals surface area contributed by atoms with E-state index in [1.165, 1.54) is 64.6 Å². The Bertz CT molecular complexity index is 274. The van der Waals surface area contributed by atoms with E-state index < -0.39 is 0 Å². The Kier molecular flexibility index (Phi) is 7.48. The van der Waals surface area contributed by atoms with Gasteiger partial charge in [-0.3, -0.25) is 4.90 Å². The summed E-state index contributed by atoms with van der Waals surface area (Å²) in [6, 6.07) is 0. The topological polar surface area (TPSA) is 24.5 Å². The van der Waals surface area contributed by atoms with Crippen molar-refractivity contribution in [2.75, 3.05) is 39.3 Å². The predicted octanol–water partition coefficient (Wildman–Crippen LogP) is 3.44. The molecule has 0 radical (unpaired) electrons. The van der Waals surface area contributed by atoms with Gasteiger partial charge in [0.05, 0.1) is 12.7 Å². The van der Waals surface area contributed by atoms with E-state index in [0.29, 0.717) is 11.5 Å². The van der Waals surface area contributed by atoms with Gasteiger partial charge in [-0.15, -0.1) is 0 Å². The fraction of sp³-hybridized carbons (Fsp3) is 1.00. The first-order chi connectivity index (χ1) is 10.3. The summed E-state index contributed by atoms with van der Waals surface area (Å²) in [5, 5.41) is 3.73. The highest BCUT2D eigenvalue weighted by molar-refractivity contribution is 4.88. The van der Waals surface area contributed by atoms with Gasteiger partial charge < -0.3 is 10.1 Å². The lowest BCUT2D eigenvalue weighted by Crippen LogP contribution is -2.50. The van der Waals surface area contributed by atoms with Crippen LogP contribution in [0, 0.1) is 5.41 Å². The fourth-order valence-electron chi connectivity index (χ4n) is 4.05. The molecule has 1 heterocycles. The van der Waals surface area contributed by atoms with Crippen LogP contribution in [0.1, 0.15) is 65.2 Å². The van der Waals surface area contributed by atoms with Crippen LogP contribution in [0.2, 0.25) is 0 Å². The van der Waals surface area contributed by atoms with Crippen LogP contribution < -0.4 is 5.32 Å². The minimum absolute atomic E-state index is 0.463. The maximum atomic E-state index is 5.85. The molecule has 1 saturated carbocycles. The van der Waals surface area contributed by atoms with Crippen molar-refractivity contribution in [2.45, 2.75) is 71.3 Å². The van der Waals surface area contributed by atoms with Crippen molar-refractivity contribution < 1.29 is 4.74 Å². The highest BCUT2D eigenvalue weighted by atomic mass is 16.5. The Labute approximate surface area is 131 Å². The van der Waals surface area contributed by atoms with Gasteiger partial charge in [0.15, 0.2) is 0 Å². The molecule has 0 aromatic heterocycles. The third-order valence-electron chi connectivity index (χ3n) is 5.33. The largest absolute Gasteiger partial charge is 0.376 e. The molecule has 0 amide bonds. The molecule has 2 aliphatic rings. The highest BCUT2D eigenvalue weighted by Crippen LogP contribution is 2.36. The van der Waals surface area contributed by atoms with E-state index in [4.69, 9.17) is 4.74 Å². The molecule has 1 atom stereocenters. The van der Waals surface area contributed by atoms with Crippen molar-refractivity contribution in [3.05, 3.63) is 0 Å². The molecular weight excluding hydrogens is 260 g/mol. The van der Waals surface area contributed by atoms with Crippen molar-refractivity contribution >= 4 is 0 Å². The van der Waals surface area contributed by atoms with Crippen LogP contribution in [0.4, 0.5) is 0 Å². The normalized spacial score (nSPS) is 27.4. The van der Waals surface area contributed by atoms with Crippen molar-refractivity contribution in [3.8, 4) is 0 Å². The van der Waals surface area contributed by atoms with Crippen LogP contribution in [0.25, 0.3) is 0 Å². The molecule has 3 heteroatoms. The summed E-state index contributed by atoms with van der Waals surface area (Å²) in [6.45, 7) is 11.4. The van der Waals surface area contributed by atoms with E-state index in [9.17, 15) is 0 Å². The molecule has 0 aromatic carbocycles. The molecule has 0 spiro atoms. The van der Waals surface area contributed by atoms with E-state index in [-0.39, 0.29) is 0 Å². The van der Waals surface area contributed by atoms with E-state index in [1.807, 2.05) is 0 Å². The molecule has 1 unspecified atom stereocenters. The lowest BCUT2D eigenvalue weighted by molar-refractivity contribution is -0.0441. The van der Waals surface area contributed by atoms with Gasteiger partial charge in [-0.05, 0) is 37.6 Å². The van der Waals surface area contributed by atoms with Gasteiger partial charge in [-0.2, -0.15) is 0 Å². The maximum Gasteiger partial charge on any atom is 0.0700 e. The number of ether oxygens (including phenoxy) is 1. The Morgan fingerprint density at radius 2 is 1.90 bits per heavy atom. The zero-order valence-corrected chi connectivity index (χ0v) is 14.3. The number of hydrogen-bond acceptors (Lipinski definition) is 3. The number of nitrogens with one attached hydrogen (secondary N) is 1. The summed E-state index contributed by atoms with van der Waals surface area (Å²) in [6.07, 6.45) is 11.4. The molecule has 1 aliphatic heterocycles. The Balaban J connectivity index is 1.93. The minimum atomic E-state index is 0.463. The van der Waals surface area contributed by atoms with Gasteiger partial charge in [0.25, 0.3) is 0 Å². The maximum absolute atomic E-state index is 5.85. The fourth-order valence-corrected chi connectivity index (χ4v) is 4.05. The quantitative estimate of drug-likeness (QED) is 0.575. The summed E-state index contributed by atoms with van der Waals surface area (Å²) in [5.41, 5.74) is 0.515. The summed E-state index contributed by atoms with van der Waals surface area (Å²) >= 11 is 0. The molecular formula is C18H36N2O. The second-order valence-electron chi connectivity index (χ2n) is 7.23. The highest BCUT2D eigenvalue weighted by Gasteiger charge is 2.34. The lowest BCUT2D eigenvalue weighted by atomic mass is 9.79. The number of hydrogen-bond donors (Lipinski definition) is 1. The molecule has 2 rings (SSSR count). The monoisotopic (exact) mass is 296 g/mol. The van der Waals surface area contributed by atoms with Gasteiger partial charge in [0, 0.05) is 26.2 Å². The first-order valence-corrected chi connectivity index (χ1v) is 9.33. The zero-order valence-electron chi connectivity index (χ0n) is 14.3. The van der Waals surface area contributed by atoms with E-state index in [2.05, 4.69) is 24.1 Å². The standard InChI is InChI=1S/C18H36N2O/c1-3-11-19-15-18(9-7-5-6-8-10-18)16-20-12-13-21-17(4-2)14-20/h17,19H,3-16H2,1-2H3. The van der Waals surface area contributed by atoms with Crippen LogP contribution in [0.5, 0.6) is 0 Å². The number of nitrogens with zero attached hydrogens (tertiary/aromatic N) is 1. The number of morpholine rings is 1. The van der Waals surface area contributed by atoms with Crippen molar-refractivity contribution in [1.29, 1.82) is 0 Å².